The van der Waals surface area contributed by atoms with Crippen LogP contribution in [0.2, 0.25) is 0 Å². The van der Waals surface area contributed by atoms with E-state index in [-0.39, 0.29) is 6.04 Å². The molecule has 0 aromatic carbocycles. The van der Waals surface area contributed by atoms with Crippen LogP contribution in [0.5, 0.6) is 0 Å². The topological polar surface area (TPSA) is 38.7 Å². The first-order valence-corrected chi connectivity index (χ1v) is 4.58. The maximum atomic E-state index is 10.0. The normalized spacial score (nSPS) is 35.7. The van der Waals surface area contributed by atoms with Crippen molar-refractivity contribution in [3.63, 3.8) is 0 Å². The van der Waals surface area contributed by atoms with Crippen molar-refractivity contribution in [2.24, 2.45) is 10.9 Å². The first-order chi connectivity index (χ1) is 5.90. The van der Waals surface area contributed by atoms with Crippen LogP contribution in [-0.2, 0) is 9.53 Å². The van der Waals surface area contributed by atoms with Gasteiger partial charge in [0.05, 0.1) is 12.1 Å². The number of nitrogens with zero attached hydrogens (tertiary/aromatic N) is 1. The predicted octanol–water partition coefficient (Wildman–Crippen LogP) is 1.28. The molecular formula is C9H13NO2. The zero-order valence-electron chi connectivity index (χ0n) is 7.03. The maximum absolute atomic E-state index is 10.0. The minimum atomic E-state index is 0.182. The number of isocyanates is 1. The highest BCUT2D eigenvalue weighted by Crippen LogP contribution is 2.38. The van der Waals surface area contributed by atoms with Gasteiger partial charge >= 0.3 is 0 Å². The molecule has 0 amide bonds. The first kappa shape index (κ1) is 7.96. The quantitative estimate of drug-likeness (QED) is 0.459. The number of hydrogen-bond acceptors (Lipinski definition) is 3. The molecule has 1 heterocycles. The zero-order valence-corrected chi connectivity index (χ0v) is 7.03. The first-order valence-electron chi connectivity index (χ1n) is 4.58. The molecule has 0 aromatic rings. The summed E-state index contributed by atoms with van der Waals surface area (Å²) in [5.41, 5.74) is 0. The fourth-order valence-electron chi connectivity index (χ4n) is 1.80. The highest BCUT2D eigenvalue weighted by Gasteiger charge is 2.35. The highest BCUT2D eigenvalue weighted by atomic mass is 16.5. The molecule has 0 spiro atoms. The van der Waals surface area contributed by atoms with Gasteiger partial charge in [-0.05, 0) is 31.6 Å². The van der Waals surface area contributed by atoms with E-state index >= 15 is 0 Å². The fraction of sp³-hybridized carbons (Fsp3) is 0.889. The van der Waals surface area contributed by atoms with Gasteiger partial charge in [0.25, 0.3) is 0 Å². The lowest BCUT2D eigenvalue weighted by atomic mass is 10.0. The van der Waals surface area contributed by atoms with Gasteiger partial charge < -0.3 is 4.74 Å². The lowest BCUT2D eigenvalue weighted by Gasteiger charge is -2.26. The summed E-state index contributed by atoms with van der Waals surface area (Å²) in [4.78, 5) is 13.8. The van der Waals surface area contributed by atoms with Gasteiger partial charge in [-0.2, -0.15) is 0 Å². The Kier molecular flexibility index (Phi) is 2.24. The van der Waals surface area contributed by atoms with Gasteiger partial charge in [0.1, 0.15) is 0 Å². The van der Waals surface area contributed by atoms with Crippen molar-refractivity contribution < 1.29 is 9.53 Å². The Hall–Kier alpha value is -0.660. The number of carbonyl (C=O) groups excluding carboxylic acids is 1. The molecule has 1 saturated carbocycles. The van der Waals surface area contributed by atoms with Gasteiger partial charge in [0, 0.05) is 6.61 Å². The summed E-state index contributed by atoms with van der Waals surface area (Å²) in [6.45, 7) is 0.761. The molecule has 1 aliphatic carbocycles. The van der Waals surface area contributed by atoms with Crippen LogP contribution in [0.15, 0.2) is 4.99 Å². The molecule has 66 valence electrons. The summed E-state index contributed by atoms with van der Waals surface area (Å²) in [6.07, 6.45) is 6.42. The van der Waals surface area contributed by atoms with Crippen molar-refractivity contribution in [1.29, 1.82) is 0 Å². The molecule has 3 heteroatoms. The van der Waals surface area contributed by atoms with Gasteiger partial charge in [-0.25, -0.2) is 9.79 Å². The number of hydrogen-bond donors (Lipinski definition) is 0. The predicted molar refractivity (Wildman–Crippen MR) is 43.6 cm³/mol. The Balaban J connectivity index is 1.88. The molecule has 0 bridgehead atoms. The second-order valence-electron chi connectivity index (χ2n) is 3.65. The van der Waals surface area contributed by atoms with E-state index in [9.17, 15) is 4.79 Å². The van der Waals surface area contributed by atoms with E-state index in [1.165, 1.54) is 12.8 Å². The van der Waals surface area contributed by atoms with Crippen LogP contribution in [0.25, 0.3) is 0 Å². The monoisotopic (exact) mass is 167 g/mol. The molecule has 0 radical (unpaired) electrons. The van der Waals surface area contributed by atoms with Crippen LogP contribution in [0.1, 0.15) is 25.7 Å². The van der Waals surface area contributed by atoms with Crippen molar-refractivity contribution in [2.45, 2.75) is 37.8 Å². The molecule has 1 saturated heterocycles. The minimum Gasteiger partial charge on any atom is -0.378 e. The number of rotatable bonds is 2. The molecule has 2 atom stereocenters. The Morgan fingerprint density at radius 3 is 2.83 bits per heavy atom. The summed E-state index contributed by atoms with van der Waals surface area (Å²) >= 11 is 0. The largest absolute Gasteiger partial charge is 0.378 e. The van der Waals surface area contributed by atoms with Crippen molar-refractivity contribution in [3.05, 3.63) is 0 Å². The number of ether oxygens (including phenoxy) is 1. The smallest absolute Gasteiger partial charge is 0.235 e. The van der Waals surface area contributed by atoms with E-state index in [0.29, 0.717) is 6.10 Å². The molecule has 0 N–H and O–H groups in total. The van der Waals surface area contributed by atoms with E-state index in [1.807, 2.05) is 0 Å². The SMILES string of the molecule is O=C=NC1CCOC(C2CC2)C1. The van der Waals surface area contributed by atoms with Gasteiger partial charge in [-0.15, -0.1) is 0 Å². The van der Waals surface area contributed by atoms with Crippen LogP contribution in [0, 0.1) is 5.92 Å². The fourth-order valence-corrected chi connectivity index (χ4v) is 1.80. The summed E-state index contributed by atoms with van der Waals surface area (Å²) in [7, 11) is 0. The molecular weight excluding hydrogens is 154 g/mol. The lowest BCUT2D eigenvalue weighted by Crippen LogP contribution is -2.29. The molecule has 2 unspecified atom stereocenters. The van der Waals surface area contributed by atoms with Crippen LogP contribution in [0.3, 0.4) is 0 Å². The molecule has 2 rings (SSSR count). The van der Waals surface area contributed by atoms with Crippen LogP contribution >= 0.6 is 0 Å². The van der Waals surface area contributed by atoms with E-state index < -0.39 is 0 Å². The van der Waals surface area contributed by atoms with E-state index in [4.69, 9.17) is 4.74 Å². The third-order valence-corrected chi connectivity index (χ3v) is 2.67. The summed E-state index contributed by atoms with van der Waals surface area (Å²) in [6, 6.07) is 0.182. The van der Waals surface area contributed by atoms with Gasteiger partial charge in [0.2, 0.25) is 6.08 Å². The van der Waals surface area contributed by atoms with E-state index in [1.54, 1.807) is 6.08 Å². The molecule has 0 aromatic heterocycles. The maximum Gasteiger partial charge on any atom is 0.235 e. The third kappa shape index (κ3) is 1.74. The lowest BCUT2D eigenvalue weighted by molar-refractivity contribution is -0.00471. The minimum absolute atomic E-state index is 0.182. The van der Waals surface area contributed by atoms with E-state index in [0.717, 1.165) is 25.4 Å². The second kappa shape index (κ2) is 3.38. The standard InChI is InChI=1S/C9H13NO2/c11-6-10-8-3-4-12-9(5-8)7-1-2-7/h7-9H,1-5H2. The number of aliphatic imine (C=N–C) groups is 1. The van der Waals surface area contributed by atoms with Gasteiger partial charge in [0.15, 0.2) is 0 Å². The molecule has 3 nitrogen and oxygen atoms in total. The Morgan fingerprint density at radius 1 is 1.33 bits per heavy atom. The highest BCUT2D eigenvalue weighted by molar-refractivity contribution is 5.33. The van der Waals surface area contributed by atoms with Crippen molar-refractivity contribution >= 4 is 6.08 Å². The summed E-state index contributed by atoms with van der Waals surface area (Å²) in [5, 5.41) is 0. The van der Waals surface area contributed by atoms with Crippen LogP contribution < -0.4 is 0 Å². The average molecular weight is 167 g/mol. The zero-order chi connectivity index (χ0) is 8.39. The Labute approximate surface area is 71.8 Å². The van der Waals surface area contributed by atoms with Crippen molar-refractivity contribution in [1.82, 2.24) is 0 Å². The summed E-state index contributed by atoms with van der Waals surface area (Å²) in [5.74, 6) is 0.759. The third-order valence-electron chi connectivity index (χ3n) is 2.67. The van der Waals surface area contributed by atoms with Crippen molar-refractivity contribution in [3.8, 4) is 0 Å². The molecule has 2 aliphatic rings. The average Bonchev–Trinajstić information content (AvgIpc) is 2.88. The van der Waals surface area contributed by atoms with E-state index in [2.05, 4.69) is 4.99 Å². The van der Waals surface area contributed by atoms with Crippen molar-refractivity contribution in [2.75, 3.05) is 6.61 Å². The molecule has 1 aliphatic heterocycles. The summed E-state index contributed by atoms with van der Waals surface area (Å²) < 4.78 is 5.59. The van der Waals surface area contributed by atoms with Gasteiger partial charge in [-0.1, -0.05) is 0 Å². The molecule has 12 heavy (non-hydrogen) atoms. The Morgan fingerprint density at radius 2 is 2.17 bits per heavy atom. The second-order valence-corrected chi connectivity index (χ2v) is 3.65. The molecule has 2 fully saturated rings. The van der Waals surface area contributed by atoms with Crippen LogP contribution in [0.4, 0.5) is 0 Å². The van der Waals surface area contributed by atoms with Crippen LogP contribution in [-0.4, -0.2) is 24.8 Å². The Bertz CT molecular complexity index is 207. The van der Waals surface area contributed by atoms with Gasteiger partial charge in [-0.3, -0.25) is 0 Å².